The normalized spacial score (nSPS) is 14.1. The van der Waals surface area contributed by atoms with Crippen molar-refractivity contribution in [3.8, 4) is 0 Å². The van der Waals surface area contributed by atoms with Gasteiger partial charge in [-0.3, -0.25) is 22.9 Å². The molecule has 2 aliphatic carbocycles. The second kappa shape index (κ2) is 10.3. The monoisotopic (exact) mass is 390 g/mol. The predicted octanol–water partition coefficient (Wildman–Crippen LogP) is 3.85. The van der Waals surface area contributed by atoms with Crippen LogP contribution in [0, 0.1) is 12.2 Å². The van der Waals surface area contributed by atoms with Crippen LogP contribution in [0.1, 0.15) is 23.3 Å². The fourth-order valence-electron chi connectivity index (χ4n) is 2.33. The van der Waals surface area contributed by atoms with Crippen LogP contribution in [0.4, 0.5) is 0 Å². The zero-order valence-electron chi connectivity index (χ0n) is 14.2. The van der Waals surface area contributed by atoms with Crippen LogP contribution in [0.3, 0.4) is 0 Å². The topological polar surface area (TPSA) is 40.5 Å². The summed E-state index contributed by atoms with van der Waals surface area (Å²) in [6, 6.07) is 18.8. The Labute approximate surface area is 169 Å². The van der Waals surface area contributed by atoms with Gasteiger partial charge in [0, 0.05) is 0 Å². The van der Waals surface area contributed by atoms with Gasteiger partial charge in [-0.05, 0) is 11.1 Å². The zero-order valence-corrected chi connectivity index (χ0v) is 15.3. The molecule has 2 nitrogen and oxygen atoms in total. The minimum absolute atomic E-state index is 0. The van der Waals surface area contributed by atoms with Crippen molar-refractivity contribution >= 4 is 0 Å². The summed E-state index contributed by atoms with van der Waals surface area (Å²) in [6.07, 6.45) is 4.17. The fraction of sp³-hybridized carbons (Fsp3) is 0.0833. The second-order valence-corrected chi connectivity index (χ2v) is 5.45. The van der Waals surface area contributed by atoms with Crippen LogP contribution in [0.2, 0.25) is 0 Å². The van der Waals surface area contributed by atoms with Gasteiger partial charge in [0.05, 0.1) is 12.2 Å². The molecule has 2 aliphatic rings. The first-order chi connectivity index (χ1) is 12.8. The summed E-state index contributed by atoms with van der Waals surface area (Å²) >= 11 is 0. The molecule has 2 aromatic carbocycles. The summed E-state index contributed by atoms with van der Waals surface area (Å²) in [6.45, 7) is 0. The van der Waals surface area contributed by atoms with E-state index in [4.69, 9.17) is 0 Å². The zero-order chi connectivity index (χ0) is 18.2. The molecular formula is C24H14FeO2. The van der Waals surface area contributed by atoms with E-state index in [2.05, 4.69) is 46.5 Å². The minimum atomic E-state index is -0.663. The van der Waals surface area contributed by atoms with E-state index in [1.807, 2.05) is 60.7 Å². The summed E-state index contributed by atoms with van der Waals surface area (Å²) in [5.41, 5.74) is 18.8. The summed E-state index contributed by atoms with van der Waals surface area (Å²) in [7, 11) is 0. The van der Waals surface area contributed by atoms with Crippen molar-refractivity contribution in [3.05, 3.63) is 129 Å². The van der Waals surface area contributed by atoms with Crippen molar-refractivity contribution in [2.24, 2.45) is 0 Å². The Morgan fingerprint density at radius 3 is 1.30 bits per heavy atom. The van der Waals surface area contributed by atoms with Crippen molar-refractivity contribution in [1.29, 1.82) is 0 Å². The van der Waals surface area contributed by atoms with Crippen molar-refractivity contribution in [2.75, 3.05) is 0 Å². The molecule has 0 aliphatic heterocycles. The van der Waals surface area contributed by atoms with Crippen LogP contribution < -0.4 is 0 Å². The van der Waals surface area contributed by atoms with E-state index in [0.29, 0.717) is 11.1 Å². The average molecular weight is 390 g/mol. The van der Waals surface area contributed by atoms with Crippen LogP contribution in [-0.2, 0) is 17.1 Å². The van der Waals surface area contributed by atoms with Crippen LogP contribution in [0.15, 0.2) is 106 Å². The summed E-state index contributed by atoms with van der Waals surface area (Å²) in [5.74, 6) is 0. The van der Waals surface area contributed by atoms with Crippen molar-refractivity contribution in [1.82, 2.24) is 0 Å². The first kappa shape index (κ1) is 20.4. The molecule has 0 aromatic heterocycles. The summed E-state index contributed by atoms with van der Waals surface area (Å²) < 4.78 is 0. The van der Waals surface area contributed by atoms with Gasteiger partial charge in [-0.1, -0.05) is 71.8 Å². The molecular weight excluding hydrogens is 376 g/mol. The first-order valence-corrected chi connectivity index (χ1v) is 7.99. The summed E-state index contributed by atoms with van der Waals surface area (Å²) in [4.78, 5) is 0. The predicted molar refractivity (Wildman–Crippen MR) is 97.4 cm³/mol. The molecule has 0 fully saturated rings. The maximum atomic E-state index is 9.78. The van der Waals surface area contributed by atoms with Gasteiger partial charge < -0.3 is 10.2 Å². The van der Waals surface area contributed by atoms with Gasteiger partial charge in [-0.2, -0.15) is 0 Å². The van der Waals surface area contributed by atoms with Gasteiger partial charge >= 0.3 is 17.1 Å². The molecule has 0 spiro atoms. The second-order valence-electron chi connectivity index (χ2n) is 5.45. The number of benzene rings is 2. The van der Waals surface area contributed by atoms with Gasteiger partial charge in [0.1, 0.15) is 0 Å². The number of rotatable bonds is 4. The van der Waals surface area contributed by atoms with Gasteiger partial charge in [-0.25, -0.2) is 11.5 Å². The third kappa shape index (κ3) is 5.51. The Morgan fingerprint density at radius 2 is 1.00 bits per heavy atom. The Hall–Kier alpha value is -2.96. The van der Waals surface area contributed by atoms with E-state index >= 15 is 0 Å². The molecule has 0 bridgehead atoms. The summed E-state index contributed by atoms with van der Waals surface area (Å²) in [5, 5.41) is 19.6. The molecule has 130 valence electrons. The van der Waals surface area contributed by atoms with Crippen LogP contribution >= 0.6 is 0 Å². The number of aliphatic hydroxyl groups excluding tert-OH is 2. The molecule has 2 atom stereocenters. The molecule has 3 heteroatoms. The smallest absolute Gasteiger partial charge is 0.385 e. The van der Waals surface area contributed by atoms with Crippen molar-refractivity contribution < 1.29 is 27.3 Å². The molecule has 0 radical (unpaired) electrons. The van der Waals surface area contributed by atoms with E-state index in [-0.39, 0.29) is 17.1 Å². The van der Waals surface area contributed by atoms with Gasteiger partial charge in [-0.15, -0.1) is 12.2 Å². The third-order valence-electron chi connectivity index (χ3n) is 3.69. The van der Waals surface area contributed by atoms with E-state index < -0.39 is 12.2 Å². The van der Waals surface area contributed by atoms with Gasteiger partial charge in [0.25, 0.3) is 0 Å². The standard InChI is InChI=1S/2C12H7O.Fe/c2*13-12(11-8-4-5-9-11)10-6-2-1-3-7-10;/h2*1-3,6-7,12-13H;/q2*-1;+2. The largest absolute Gasteiger partial charge is 2.00 e. The third-order valence-corrected chi connectivity index (χ3v) is 3.69. The maximum absolute atomic E-state index is 9.78. The van der Waals surface area contributed by atoms with Gasteiger partial charge in [0.2, 0.25) is 0 Å². The Morgan fingerprint density at radius 1 is 0.630 bits per heavy atom. The molecule has 2 aromatic rings. The van der Waals surface area contributed by atoms with Gasteiger partial charge in [0.15, 0.2) is 0 Å². The molecule has 2 N–H and O–H groups in total. The van der Waals surface area contributed by atoms with Crippen molar-refractivity contribution in [3.63, 3.8) is 0 Å². The van der Waals surface area contributed by atoms with Crippen LogP contribution in [0.25, 0.3) is 0 Å². The first-order valence-electron chi connectivity index (χ1n) is 7.99. The molecule has 0 saturated heterocycles. The molecule has 0 saturated carbocycles. The molecule has 2 unspecified atom stereocenters. The van der Waals surface area contributed by atoms with E-state index in [9.17, 15) is 10.2 Å². The molecule has 27 heavy (non-hydrogen) atoms. The Bertz CT molecular complexity index is 970. The van der Waals surface area contributed by atoms with Crippen LogP contribution in [0.5, 0.6) is 0 Å². The number of aliphatic hydroxyl groups is 2. The maximum Gasteiger partial charge on any atom is 2.00 e. The van der Waals surface area contributed by atoms with E-state index in [1.165, 1.54) is 0 Å². The van der Waals surface area contributed by atoms with E-state index in [1.54, 1.807) is 0 Å². The number of hydrogen-bond donors (Lipinski definition) is 2. The fourth-order valence-corrected chi connectivity index (χ4v) is 2.33. The van der Waals surface area contributed by atoms with Crippen molar-refractivity contribution in [2.45, 2.75) is 12.2 Å². The molecule has 4 rings (SSSR count). The molecule has 0 amide bonds. The Kier molecular flexibility index (Phi) is 7.73. The number of hydrogen-bond acceptors (Lipinski definition) is 2. The minimum Gasteiger partial charge on any atom is -0.385 e. The van der Waals surface area contributed by atoms with Crippen LogP contribution in [-0.4, -0.2) is 10.2 Å². The average Bonchev–Trinajstić information content (AvgIpc) is 3.43. The quantitative estimate of drug-likeness (QED) is 0.473. The van der Waals surface area contributed by atoms with E-state index in [0.717, 1.165) is 11.1 Å². The SMILES string of the molecule is OC(C1=C=C=C=[C-]1)c1ccccc1.OC(C1=C=C=C=[C-]1)c1ccccc1.[Fe+2]. The molecule has 0 heterocycles. The Balaban J connectivity index is 0.000000187.